The van der Waals surface area contributed by atoms with Crippen LogP contribution in [0.2, 0.25) is 0 Å². The smallest absolute Gasteiger partial charge is 0.277 e. The Hall–Kier alpha value is -2.12. The van der Waals surface area contributed by atoms with Crippen LogP contribution >= 0.6 is 11.3 Å². The van der Waals surface area contributed by atoms with Crippen molar-refractivity contribution < 1.29 is 4.52 Å². The zero-order chi connectivity index (χ0) is 13.1. The normalized spacial score (nSPS) is 10.8. The van der Waals surface area contributed by atoms with Gasteiger partial charge in [0.15, 0.2) is 0 Å². The van der Waals surface area contributed by atoms with E-state index in [9.17, 15) is 0 Å². The summed E-state index contributed by atoms with van der Waals surface area (Å²) in [5.74, 6) is 0.865. The maximum absolute atomic E-state index is 5.50. The maximum atomic E-state index is 5.50. The Morgan fingerprint density at radius 1 is 1.21 bits per heavy atom. The molecular weight excluding hydrogens is 262 g/mol. The lowest BCUT2D eigenvalue weighted by Crippen LogP contribution is -2.01. The van der Waals surface area contributed by atoms with Gasteiger partial charge >= 0.3 is 0 Å². The maximum Gasteiger partial charge on any atom is 0.277 e. The van der Waals surface area contributed by atoms with Crippen LogP contribution in [0, 0.1) is 0 Å². The molecule has 2 N–H and O–H groups in total. The number of rotatable bonds is 4. The lowest BCUT2D eigenvalue weighted by atomic mass is 10.3. The first-order valence-corrected chi connectivity index (χ1v) is 6.65. The summed E-state index contributed by atoms with van der Waals surface area (Å²) >= 11 is 1.54. The summed E-state index contributed by atoms with van der Waals surface area (Å²) in [6, 6.07) is 5.54. The van der Waals surface area contributed by atoms with E-state index in [-0.39, 0.29) is 0 Å². The van der Waals surface area contributed by atoms with Crippen LogP contribution in [0.1, 0.15) is 5.01 Å². The van der Waals surface area contributed by atoms with Crippen molar-refractivity contribution in [3.63, 3.8) is 0 Å². The Labute approximate surface area is 113 Å². The van der Waals surface area contributed by atoms with E-state index in [2.05, 4.69) is 20.1 Å². The van der Waals surface area contributed by atoms with Gasteiger partial charge in [0.1, 0.15) is 11.4 Å². The molecule has 0 aliphatic carbocycles. The molecule has 0 amide bonds. The second kappa shape index (κ2) is 5.25. The van der Waals surface area contributed by atoms with E-state index in [1.54, 1.807) is 6.20 Å². The minimum atomic E-state index is 0.403. The van der Waals surface area contributed by atoms with E-state index < -0.39 is 0 Å². The topological polar surface area (TPSA) is 90.7 Å². The largest absolute Gasteiger partial charge is 0.332 e. The van der Waals surface area contributed by atoms with E-state index in [1.165, 1.54) is 11.3 Å². The number of aromatic nitrogens is 4. The van der Waals surface area contributed by atoms with E-state index in [4.69, 9.17) is 10.3 Å². The van der Waals surface area contributed by atoms with Crippen LogP contribution in [0.4, 0.5) is 0 Å². The van der Waals surface area contributed by atoms with Crippen molar-refractivity contribution in [2.45, 2.75) is 6.42 Å². The monoisotopic (exact) mass is 273 g/mol. The van der Waals surface area contributed by atoms with E-state index in [0.717, 1.165) is 11.4 Å². The van der Waals surface area contributed by atoms with Gasteiger partial charge < -0.3 is 10.3 Å². The first-order valence-electron chi connectivity index (χ1n) is 5.77. The average Bonchev–Trinajstić information content (AvgIpc) is 3.08. The number of pyridine rings is 1. The molecule has 7 heteroatoms. The summed E-state index contributed by atoms with van der Waals surface area (Å²) in [4.78, 5) is 12.9. The molecule has 0 bridgehead atoms. The molecule has 0 saturated heterocycles. The zero-order valence-electron chi connectivity index (χ0n) is 9.98. The predicted molar refractivity (Wildman–Crippen MR) is 71.4 cm³/mol. The summed E-state index contributed by atoms with van der Waals surface area (Å²) in [5, 5.41) is 6.77. The summed E-state index contributed by atoms with van der Waals surface area (Å²) in [6.07, 6.45) is 2.44. The summed E-state index contributed by atoms with van der Waals surface area (Å²) in [5.41, 5.74) is 6.85. The van der Waals surface area contributed by atoms with Crippen molar-refractivity contribution >= 4 is 11.3 Å². The van der Waals surface area contributed by atoms with Crippen molar-refractivity contribution in [3.05, 3.63) is 34.8 Å². The molecule has 0 fully saturated rings. The predicted octanol–water partition coefficient (Wildman–Crippen LogP) is 1.76. The van der Waals surface area contributed by atoms with Gasteiger partial charge in [0.05, 0.1) is 5.01 Å². The molecule has 0 aliphatic rings. The minimum Gasteiger partial charge on any atom is -0.332 e. The fraction of sp³-hybridized carbons (Fsp3) is 0.167. The number of nitrogens with zero attached hydrogens (tertiary/aromatic N) is 4. The van der Waals surface area contributed by atoms with E-state index in [0.29, 0.717) is 29.6 Å². The van der Waals surface area contributed by atoms with Gasteiger partial charge in [-0.1, -0.05) is 11.2 Å². The molecule has 0 saturated carbocycles. The highest BCUT2D eigenvalue weighted by molar-refractivity contribution is 7.09. The Bertz CT molecular complexity index is 664. The SMILES string of the molecule is NCCc1nc(-c2nc(-c3ccccn3)no2)cs1. The third-order valence-electron chi connectivity index (χ3n) is 2.45. The molecule has 0 aromatic carbocycles. The van der Waals surface area contributed by atoms with Crippen LogP contribution in [0.3, 0.4) is 0 Å². The molecule has 96 valence electrons. The van der Waals surface area contributed by atoms with Crippen molar-refractivity contribution in [1.82, 2.24) is 20.1 Å². The van der Waals surface area contributed by atoms with Crippen LogP contribution < -0.4 is 5.73 Å². The Kier molecular flexibility index (Phi) is 3.30. The molecule has 3 aromatic heterocycles. The van der Waals surface area contributed by atoms with Crippen LogP contribution in [0.15, 0.2) is 34.3 Å². The van der Waals surface area contributed by atoms with Gasteiger partial charge in [-0.25, -0.2) is 4.98 Å². The minimum absolute atomic E-state index is 0.403. The Balaban J connectivity index is 1.88. The zero-order valence-corrected chi connectivity index (χ0v) is 10.8. The Morgan fingerprint density at radius 3 is 2.95 bits per heavy atom. The van der Waals surface area contributed by atoms with E-state index >= 15 is 0 Å². The fourth-order valence-corrected chi connectivity index (χ4v) is 2.36. The lowest BCUT2D eigenvalue weighted by Gasteiger charge is -1.89. The molecule has 3 aromatic rings. The first kappa shape index (κ1) is 11.9. The molecule has 0 unspecified atom stereocenters. The van der Waals surface area contributed by atoms with Gasteiger partial charge in [-0.05, 0) is 18.7 Å². The van der Waals surface area contributed by atoms with Crippen LogP contribution in [0.5, 0.6) is 0 Å². The highest BCUT2D eigenvalue weighted by atomic mass is 32.1. The fourth-order valence-electron chi connectivity index (χ4n) is 1.57. The number of nitrogens with two attached hydrogens (primary N) is 1. The number of hydrogen-bond donors (Lipinski definition) is 1. The van der Waals surface area contributed by atoms with E-state index in [1.807, 2.05) is 23.6 Å². The second-order valence-corrected chi connectivity index (χ2v) is 4.75. The molecule has 3 rings (SSSR count). The van der Waals surface area contributed by atoms with Crippen LogP contribution in [0.25, 0.3) is 23.1 Å². The van der Waals surface area contributed by atoms with Gasteiger partial charge in [-0.3, -0.25) is 4.98 Å². The third-order valence-corrected chi connectivity index (χ3v) is 3.36. The molecular formula is C12H11N5OS. The van der Waals surface area contributed by atoms with Gasteiger partial charge in [-0.15, -0.1) is 11.3 Å². The highest BCUT2D eigenvalue weighted by Gasteiger charge is 2.13. The Morgan fingerprint density at radius 2 is 2.16 bits per heavy atom. The number of hydrogen-bond acceptors (Lipinski definition) is 7. The average molecular weight is 273 g/mol. The van der Waals surface area contributed by atoms with Crippen LogP contribution in [-0.2, 0) is 6.42 Å². The molecule has 0 atom stereocenters. The van der Waals surface area contributed by atoms with Crippen LogP contribution in [-0.4, -0.2) is 26.7 Å². The summed E-state index contributed by atoms with van der Waals surface area (Å²) in [7, 11) is 0. The first-order chi connectivity index (χ1) is 9.36. The molecule has 6 nitrogen and oxygen atoms in total. The van der Waals surface area contributed by atoms with Gasteiger partial charge in [0, 0.05) is 18.0 Å². The van der Waals surface area contributed by atoms with Gasteiger partial charge in [0.2, 0.25) is 5.82 Å². The molecule has 3 heterocycles. The summed E-state index contributed by atoms with van der Waals surface area (Å²) in [6.45, 7) is 0.579. The lowest BCUT2D eigenvalue weighted by molar-refractivity contribution is 0.431. The standard InChI is InChI=1S/C12H11N5OS/c13-5-4-10-15-9(7-19-10)12-16-11(17-18-12)8-3-1-2-6-14-8/h1-3,6-7H,4-5,13H2. The molecule has 0 radical (unpaired) electrons. The van der Waals surface area contributed by atoms with Crippen molar-refractivity contribution in [3.8, 4) is 23.1 Å². The van der Waals surface area contributed by atoms with Crippen molar-refractivity contribution in [2.24, 2.45) is 5.73 Å². The molecule has 0 spiro atoms. The van der Waals surface area contributed by atoms with Crippen molar-refractivity contribution in [1.29, 1.82) is 0 Å². The van der Waals surface area contributed by atoms with Crippen molar-refractivity contribution in [2.75, 3.05) is 6.54 Å². The highest BCUT2D eigenvalue weighted by Crippen LogP contribution is 2.22. The second-order valence-electron chi connectivity index (χ2n) is 3.80. The number of thiazole rings is 1. The van der Waals surface area contributed by atoms with Gasteiger partial charge in [0.25, 0.3) is 5.89 Å². The van der Waals surface area contributed by atoms with Gasteiger partial charge in [-0.2, -0.15) is 4.98 Å². The molecule has 0 aliphatic heterocycles. The quantitative estimate of drug-likeness (QED) is 0.778. The summed E-state index contributed by atoms with van der Waals surface area (Å²) < 4.78 is 5.21. The molecule has 19 heavy (non-hydrogen) atoms. The third kappa shape index (κ3) is 2.51.